The summed E-state index contributed by atoms with van der Waals surface area (Å²) in [5.74, 6) is 6.29. The van der Waals surface area contributed by atoms with Crippen LogP contribution in [0.5, 0.6) is 5.75 Å². The van der Waals surface area contributed by atoms with Gasteiger partial charge in [0.2, 0.25) is 5.95 Å². The van der Waals surface area contributed by atoms with E-state index >= 15 is 0 Å². The Balaban J connectivity index is 1.84. The zero-order chi connectivity index (χ0) is 19.6. The fourth-order valence-corrected chi connectivity index (χ4v) is 2.83. The number of nitrogens with zero attached hydrogens (tertiary/aromatic N) is 3. The number of benzene rings is 1. The lowest BCUT2D eigenvalue weighted by Gasteiger charge is -2.15. The molecule has 0 saturated carbocycles. The maximum Gasteiger partial charge on any atom is 0.329 e. The number of rotatable bonds is 7. The number of fused-ring (bicyclic) bond motifs is 1. The van der Waals surface area contributed by atoms with E-state index in [0.29, 0.717) is 5.75 Å². The Kier molecular flexibility index (Phi) is 5.28. The van der Waals surface area contributed by atoms with E-state index in [9.17, 15) is 14.7 Å². The average Bonchev–Trinajstić information content (AvgIpc) is 3.03. The molecule has 2 heterocycles. The topological polar surface area (TPSA) is 140 Å². The highest BCUT2D eigenvalue weighted by molar-refractivity contribution is 5.74. The van der Waals surface area contributed by atoms with Crippen molar-refractivity contribution in [3.63, 3.8) is 0 Å². The summed E-state index contributed by atoms with van der Waals surface area (Å²) in [6, 6.07) is 7.61. The summed E-state index contributed by atoms with van der Waals surface area (Å²) in [6.45, 7) is 2.07. The highest BCUT2D eigenvalue weighted by Gasteiger charge is 2.19. The number of hydrazine groups is 1. The predicted octanol–water partition coefficient (Wildman–Crippen LogP) is -0.289. The lowest BCUT2D eigenvalue weighted by atomic mass is 10.2. The Bertz CT molecular complexity index is 1070. The number of H-pyrrole nitrogens is 1. The second-order valence-corrected chi connectivity index (χ2v) is 6.15. The maximum absolute atomic E-state index is 12.2. The zero-order valence-corrected chi connectivity index (χ0v) is 15.1. The van der Waals surface area contributed by atoms with Crippen molar-refractivity contribution < 1.29 is 9.84 Å². The molecule has 3 rings (SSSR count). The molecule has 0 fully saturated rings. The van der Waals surface area contributed by atoms with E-state index in [1.807, 2.05) is 31.2 Å². The second kappa shape index (κ2) is 7.64. The number of anilines is 1. The molecule has 0 unspecified atom stereocenters. The Morgan fingerprint density at radius 1 is 1.41 bits per heavy atom. The first-order valence-corrected chi connectivity index (χ1v) is 8.50. The zero-order valence-electron chi connectivity index (χ0n) is 15.1. The number of nitrogen functional groups attached to an aromatic ring is 1. The van der Waals surface area contributed by atoms with Crippen LogP contribution < -0.4 is 27.3 Å². The number of imidazole rings is 1. The van der Waals surface area contributed by atoms with Crippen molar-refractivity contribution in [2.45, 2.75) is 26.0 Å². The van der Waals surface area contributed by atoms with E-state index in [1.54, 1.807) is 0 Å². The van der Waals surface area contributed by atoms with Crippen LogP contribution in [0.3, 0.4) is 0 Å². The number of aromatic amines is 1. The minimum Gasteiger partial charge on any atom is -0.491 e. The molecular weight excluding hydrogens is 352 g/mol. The van der Waals surface area contributed by atoms with Gasteiger partial charge in [-0.25, -0.2) is 10.6 Å². The number of aryl methyl sites for hydroxylation is 2. The van der Waals surface area contributed by atoms with Crippen molar-refractivity contribution >= 4 is 17.1 Å². The monoisotopic (exact) mass is 374 g/mol. The molecule has 0 aliphatic carbocycles. The van der Waals surface area contributed by atoms with E-state index < -0.39 is 17.4 Å². The van der Waals surface area contributed by atoms with E-state index in [4.69, 9.17) is 10.6 Å². The minimum atomic E-state index is -0.934. The molecule has 0 bridgehead atoms. The molecule has 1 aromatic carbocycles. The van der Waals surface area contributed by atoms with Crippen molar-refractivity contribution in [2.75, 3.05) is 12.0 Å². The van der Waals surface area contributed by atoms with Crippen molar-refractivity contribution in [2.24, 2.45) is 12.9 Å². The molecular formula is C17H22N6O4. The normalized spacial score (nSPS) is 12.3. The van der Waals surface area contributed by atoms with Crippen LogP contribution in [0.4, 0.5) is 5.95 Å². The first kappa shape index (κ1) is 18.7. The van der Waals surface area contributed by atoms with Gasteiger partial charge in [0.05, 0.1) is 6.54 Å². The second-order valence-electron chi connectivity index (χ2n) is 6.15. The fraction of sp³-hybridized carbons (Fsp3) is 0.353. The van der Waals surface area contributed by atoms with Gasteiger partial charge in [-0.2, -0.15) is 4.98 Å². The van der Waals surface area contributed by atoms with Gasteiger partial charge in [-0.3, -0.25) is 19.8 Å². The average molecular weight is 374 g/mol. The molecule has 0 spiro atoms. The van der Waals surface area contributed by atoms with E-state index in [2.05, 4.69) is 15.4 Å². The van der Waals surface area contributed by atoms with Gasteiger partial charge in [0, 0.05) is 7.05 Å². The molecule has 3 aromatic rings. The molecule has 10 nitrogen and oxygen atoms in total. The lowest BCUT2D eigenvalue weighted by molar-refractivity contribution is 0.0938. The van der Waals surface area contributed by atoms with Gasteiger partial charge >= 0.3 is 5.69 Å². The molecule has 0 saturated heterocycles. The molecule has 0 amide bonds. The molecule has 144 valence electrons. The van der Waals surface area contributed by atoms with E-state index in [0.717, 1.165) is 12.0 Å². The molecule has 10 heteroatoms. The fourth-order valence-electron chi connectivity index (χ4n) is 2.83. The Morgan fingerprint density at radius 2 is 2.19 bits per heavy atom. The van der Waals surface area contributed by atoms with Gasteiger partial charge in [0.1, 0.15) is 18.5 Å². The first-order valence-electron chi connectivity index (χ1n) is 8.50. The number of hydrogen-bond acceptors (Lipinski definition) is 7. The Hall–Kier alpha value is -3.11. The van der Waals surface area contributed by atoms with E-state index in [-0.39, 0.29) is 30.3 Å². The number of nitrogens with two attached hydrogens (primary N) is 1. The van der Waals surface area contributed by atoms with Gasteiger partial charge in [-0.15, -0.1) is 0 Å². The SMILES string of the molecule is CCc1cccc(OC[C@H](O)Cn2c(NN)nc3c2c(=O)[nH]c(=O)n3C)c1. The van der Waals surface area contributed by atoms with Gasteiger partial charge < -0.3 is 14.4 Å². The van der Waals surface area contributed by atoms with Crippen LogP contribution in [-0.4, -0.2) is 36.9 Å². The molecule has 0 aliphatic heterocycles. The first-order chi connectivity index (χ1) is 12.9. The third kappa shape index (κ3) is 3.71. The quantitative estimate of drug-likeness (QED) is 0.329. The van der Waals surface area contributed by atoms with Gasteiger partial charge in [-0.1, -0.05) is 19.1 Å². The largest absolute Gasteiger partial charge is 0.491 e. The van der Waals surface area contributed by atoms with Gasteiger partial charge in [-0.05, 0) is 24.1 Å². The minimum absolute atomic E-state index is 0.00475. The van der Waals surface area contributed by atoms with Gasteiger partial charge in [0.15, 0.2) is 11.2 Å². The predicted molar refractivity (Wildman–Crippen MR) is 101 cm³/mol. The maximum atomic E-state index is 12.2. The summed E-state index contributed by atoms with van der Waals surface area (Å²) >= 11 is 0. The molecule has 0 radical (unpaired) electrons. The summed E-state index contributed by atoms with van der Waals surface area (Å²) < 4.78 is 8.26. The number of aliphatic hydroxyl groups excluding tert-OH is 1. The van der Waals surface area contributed by atoms with Crippen molar-refractivity contribution in [3.8, 4) is 5.75 Å². The van der Waals surface area contributed by atoms with Crippen LogP contribution in [0.2, 0.25) is 0 Å². The number of ether oxygens (including phenoxy) is 1. The lowest BCUT2D eigenvalue weighted by Crippen LogP contribution is -2.31. The molecule has 1 atom stereocenters. The number of aliphatic hydroxyl groups is 1. The van der Waals surface area contributed by atoms with Crippen LogP contribution in [-0.2, 0) is 20.0 Å². The number of nitrogens with one attached hydrogen (secondary N) is 2. The summed E-state index contributed by atoms with van der Waals surface area (Å²) in [5, 5.41) is 10.4. The highest BCUT2D eigenvalue weighted by atomic mass is 16.5. The smallest absolute Gasteiger partial charge is 0.329 e. The highest BCUT2D eigenvalue weighted by Crippen LogP contribution is 2.17. The third-order valence-corrected chi connectivity index (χ3v) is 4.28. The summed E-state index contributed by atoms with van der Waals surface area (Å²) in [7, 11) is 1.48. The number of aromatic nitrogens is 4. The van der Waals surface area contributed by atoms with Crippen molar-refractivity contribution in [3.05, 3.63) is 50.7 Å². The van der Waals surface area contributed by atoms with E-state index in [1.165, 1.54) is 16.2 Å². The van der Waals surface area contributed by atoms with Gasteiger partial charge in [0.25, 0.3) is 5.56 Å². The molecule has 0 aliphatic rings. The van der Waals surface area contributed by atoms with Crippen LogP contribution in [0, 0.1) is 0 Å². The molecule has 2 aromatic heterocycles. The standard InChI is InChI=1S/C17H22N6O4/c1-3-10-5-4-6-12(7-10)27-9-11(24)8-23-13-14(19-16(23)21-18)22(2)17(26)20-15(13)25/h4-7,11,24H,3,8-9,18H2,1-2H3,(H,19,21)(H,20,25,26)/t11-/m1/s1. The van der Waals surface area contributed by atoms with Crippen LogP contribution in [0.15, 0.2) is 33.9 Å². The Labute approximate surface area is 154 Å². The number of hydrogen-bond donors (Lipinski definition) is 4. The van der Waals surface area contributed by atoms with Crippen molar-refractivity contribution in [1.29, 1.82) is 0 Å². The van der Waals surface area contributed by atoms with Crippen LogP contribution >= 0.6 is 0 Å². The Morgan fingerprint density at radius 3 is 2.89 bits per heavy atom. The molecule has 27 heavy (non-hydrogen) atoms. The van der Waals surface area contributed by atoms with Crippen LogP contribution in [0.25, 0.3) is 11.2 Å². The summed E-state index contributed by atoms with van der Waals surface area (Å²) in [6.07, 6.45) is -0.0511. The molecule has 5 N–H and O–H groups in total. The summed E-state index contributed by atoms with van der Waals surface area (Å²) in [4.78, 5) is 30.3. The van der Waals surface area contributed by atoms with Crippen LogP contribution in [0.1, 0.15) is 12.5 Å². The summed E-state index contributed by atoms with van der Waals surface area (Å²) in [5.41, 5.74) is 2.63. The van der Waals surface area contributed by atoms with Crippen molar-refractivity contribution in [1.82, 2.24) is 19.1 Å². The third-order valence-electron chi connectivity index (χ3n) is 4.28.